The second-order valence-electron chi connectivity index (χ2n) is 8.26. The lowest BCUT2D eigenvalue weighted by Gasteiger charge is -2.21. The van der Waals surface area contributed by atoms with Crippen LogP contribution in [0.4, 0.5) is 0 Å². The van der Waals surface area contributed by atoms with Gasteiger partial charge in [-0.2, -0.15) is 0 Å². The second-order valence-corrected chi connectivity index (χ2v) is 8.26. The summed E-state index contributed by atoms with van der Waals surface area (Å²) in [5.41, 5.74) is 1.80. The number of rotatable bonds is 7. The van der Waals surface area contributed by atoms with E-state index in [1.807, 2.05) is 36.4 Å². The lowest BCUT2D eigenvalue weighted by molar-refractivity contribution is 0.179. The molecular weight excluding hydrogens is 362 g/mol. The third-order valence-corrected chi connectivity index (χ3v) is 5.77. The minimum Gasteiger partial charge on any atom is -0.486 e. The highest BCUT2D eigenvalue weighted by molar-refractivity contribution is 5.78. The highest BCUT2D eigenvalue weighted by Crippen LogP contribution is 2.35. The van der Waals surface area contributed by atoms with Crippen molar-refractivity contribution in [2.75, 3.05) is 20.6 Å². The fourth-order valence-electron chi connectivity index (χ4n) is 4.14. The van der Waals surface area contributed by atoms with Gasteiger partial charge >= 0.3 is 0 Å². The molecule has 1 fully saturated rings. The molecule has 1 aliphatic rings. The third kappa shape index (κ3) is 4.70. The first-order valence-electron chi connectivity index (χ1n) is 10.5. The van der Waals surface area contributed by atoms with Crippen LogP contribution in [0.15, 0.2) is 63.8 Å². The first-order chi connectivity index (χ1) is 14.1. The highest BCUT2D eigenvalue weighted by Gasteiger charge is 2.21. The van der Waals surface area contributed by atoms with Gasteiger partial charge in [0.05, 0.1) is 5.39 Å². The maximum absolute atomic E-state index is 12.6. The van der Waals surface area contributed by atoms with Crippen molar-refractivity contribution in [1.82, 2.24) is 4.90 Å². The van der Waals surface area contributed by atoms with E-state index in [1.54, 1.807) is 6.07 Å². The van der Waals surface area contributed by atoms with Crippen LogP contribution in [0.5, 0.6) is 5.75 Å². The molecule has 29 heavy (non-hydrogen) atoms. The van der Waals surface area contributed by atoms with Gasteiger partial charge in [-0.25, -0.2) is 0 Å². The number of hydrogen-bond donors (Lipinski definition) is 0. The van der Waals surface area contributed by atoms with Crippen LogP contribution in [0, 0.1) is 0 Å². The smallest absolute Gasteiger partial charge is 0.192 e. The minimum atomic E-state index is -0.0548. The summed E-state index contributed by atoms with van der Waals surface area (Å²) in [5.74, 6) is 1.93. The molecular formula is C25H29NO3. The zero-order valence-electron chi connectivity index (χ0n) is 17.3. The van der Waals surface area contributed by atoms with Crippen molar-refractivity contribution >= 4 is 11.0 Å². The summed E-state index contributed by atoms with van der Waals surface area (Å²) in [6.07, 6.45) is 5.44. The molecule has 0 radical (unpaired) electrons. The molecule has 1 saturated carbocycles. The first-order valence-corrected chi connectivity index (χ1v) is 10.5. The van der Waals surface area contributed by atoms with Gasteiger partial charge in [0.1, 0.15) is 23.2 Å². The molecule has 1 aromatic heterocycles. The molecule has 0 amide bonds. The Balaban J connectivity index is 1.63. The lowest BCUT2D eigenvalue weighted by Crippen LogP contribution is -2.18. The Labute approximate surface area is 172 Å². The predicted octanol–water partition coefficient (Wildman–Crippen LogP) is 5.52. The van der Waals surface area contributed by atoms with E-state index < -0.39 is 0 Å². The van der Waals surface area contributed by atoms with Gasteiger partial charge in [0.25, 0.3) is 0 Å². The Morgan fingerprint density at radius 2 is 1.83 bits per heavy atom. The van der Waals surface area contributed by atoms with Crippen molar-refractivity contribution < 1.29 is 9.15 Å². The van der Waals surface area contributed by atoms with E-state index in [2.05, 4.69) is 31.1 Å². The number of hydrogen-bond acceptors (Lipinski definition) is 4. The quantitative estimate of drug-likeness (QED) is 0.532. The van der Waals surface area contributed by atoms with Crippen molar-refractivity contribution in [2.45, 2.75) is 44.1 Å². The van der Waals surface area contributed by atoms with Gasteiger partial charge in [-0.15, -0.1) is 0 Å². The third-order valence-electron chi connectivity index (χ3n) is 5.77. The summed E-state index contributed by atoms with van der Waals surface area (Å²) in [4.78, 5) is 14.7. The largest absolute Gasteiger partial charge is 0.486 e. The van der Waals surface area contributed by atoms with Gasteiger partial charge in [0, 0.05) is 31.0 Å². The molecule has 0 aliphatic heterocycles. The Hall–Kier alpha value is -2.59. The number of benzene rings is 2. The summed E-state index contributed by atoms with van der Waals surface area (Å²) in [6.45, 7) is 0.925. The molecule has 152 valence electrons. The van der Waals surface area contributed by atoms with E-state index in [0.29, 0.717) is 16.9 Å². The van der Waals surface area contributed by atoms with Crippen LogP contribution < -0.4 is 10.2 Å². The minimum absolute atomic E-state index is 0.0342. The van der Waals surface area contributed by atoms with Crippen molar-refractivity contribution in [2.24, 2.45) is 0 Å². The fraction of sp³-hybridized carbons (Fsp3) is 0.400. The van der Waals surface area contributed by atoms with E-state index in [0.717, 1.165) is 42.9 Å². The summed E-state index contributed by atoms with van der Waals surface area (Å²) in [5, 5.41) is 0.614. The standard InChI is InChI=1S/C25H29NO3/c1-26(2)15-14-23(18-8-4-3-5-9-18)28-20-12-13-21-22(27)17-24(29-25(21)16-20)19-10-6-7-11-19/h3-5,8-9,12-13,16-17,19,23H,6-7,10-11,14-15H2,1-2H3. The summed E-state index contributed by atoms with van der Waals surface area (Å²) in [7, 11) is 4.13. The van der Waals surface area contributed by atoms with E-state index in [1.165, 1.54) is 12.8 Å². The lowest BCUT2D eigenvalue weighted by atomic mass is 10.0. The topological polar surface area (TPSA) is 42.7 Å². The second kappa shape index (κ2) is 8.83. The zero-order valence-corrected chi connectivity index (χ0v) is 17.3. The molecule has 2 aromatic carbocycles. The van der Waals surface area contributed by atoms with E-state index in [9.17, 15) is 4.79 Å². The molecule has 1 aliphatic carbocycles. The van der Waals surface area contributed by atoms with E-state index >= 15 is 0 Å². The first kappa shape index (κ1) is 19.7. The Morgan fingerprint density at radius 1 is 1.07 bits per heavy atom. The predicted molar refractivity (Wildman–Crippen MR) is 117 cm³/mol. The average Bonchev–Trinajstić information content (AvgIpc) is 3.26. The van der Waals surface area contributed by atoms with Gasteiger partial charge < -0.3 is 14.1 Å². The zero-order chi connectivity index (χ0) is 20.2. The molecule has 0 N–H and O–H groups in total. The van der Waals surface area contributed by atoms with Crippen LogP contribution in [0.2, 0.25) is 0 Å². The van der Waals surface area contributed by atoms with Gasteiger partial charge in [-0.05, 0) is 44.6 Å². The van der Waals surface area contributed by atoms with Gasteiger partial charge in [0.15, 0.2) is 5.43 Å². The van der Waals surface area contributed by atoms with Crippen LogP contribution in [-0.2, 0) is 0 Å². The van der Waals surface area contributed by atoms with Crippen LogP contribution in [-0.4, -0.2) is 25.5 Å². The van der Waals surface area contributed by atoms with Crippen LogP contribution in [0.3, 0.4) is 0 Å². The number of fused-ring (bicyclic) bond motifs is 1. The molecule has 3 aromatic rings. The summed E-state index contributed by atoms with van der Waals surface area (Å²) in [6, 6.07) is 17.5. The summed E-state index contributed by atoms with van der Waals surface area (Å²) >= 11 is 0. The van der Waals surface area contributed by atoms with Crippen molar-refractivity contribution in [1.29, 1.82) is 0 Å². The molecule has 1 atom stereocenters. The molecule has 4 heteroatoms. The maximum Gasteiger partial charge on any atom is 0.192 e. The van der Waals surface area contributed by atoms with Crippen molar-refractivity contribution in [3.8, 4) is 5.75 Å². The Kier molecular flexibility index (Phi) is 6.00. The molecule has 4 rings (SSSR count). The van der Waals surface area contributed by atoms with Crippen molar-refractivity contribution in [3.05, 3.63) is 76.1 Å². The summed E-state index contributed by atoms with van der Waals surface area (Å²) < 4.78 is 12.5. The van der Waals surface area contributed by atoms with Crippen LogP contribution in [0.1, 0.15) is 55.4 Å². The SMILES string of the molecule is CN(C)CCC(Oc1ccc2c(=O)cc(C3CCCC3)oc2c1)c1ccccc1. The molecule has 1 unspecified atom stereocenters. The van der Waals surface area contributed by atoms with Gasteiger partial charge in [0.2, 0.25) is 0 Å². The van der Waals surface area contributed by atoms with Crippen LogP contribution >= 0.6 is 0 Å². The van der Waals surface area contributed by atoms with E-state index in [-0.39, 0.29) is 11.5 Å². The van der Waals surface area contributed by atoms with E-state index in [4.69, 9.17) is 9.15 Å². The normalized spacial score (nSPS) is 15.8. The molecule has 4 nitrogen and oxygen atoms in total. The molecule has 1 heterocycles. The van der Waals surface area contributed by atoms with Crippen molar-refractivity contribution in [3.63, 3.8) is 0 Å². The van der Waals surface area contributed by atoms with Gasteiger partial charge in [-0.1, -0.05) is 43.2 Å². The Morgan fingerprint density at radius 3 is 2.55 bits per heavy atom. The van der Waals surface area contributed by atoms with Gasteiger partial charge in [-0.3, -0.25) is 4.79 Å². The number of ether oxygens (including phenoxy) is 1. The highest BCUT2D eigenvalue weighted by atomic mass is 16.5. The fourth-order valence-corrected chi connectivity index (χ4v) is 4.14. The number of nitrogens with zero attached hydrogens (tertiary/aromatic N) is 1. The molecule has 0 saturated heterocycles. The Bertz CT molecular complexity index is 1000. The maximum atomic E-state index is 12.6. The van der Waals surface area contributed by atoms with Crippen LogP contribution in [0.25, 0.3) is 11.0 Å². The monoisotopic (exact) mass is 391 g/mol. The molecule has 0 bridgehead atoms. The average molecular weight is 392 g/mol. The molecule has 0 spiro atoms.